The number of ether oxygens (including phenoxy) is 2. The molecule has 0 bridgehead atoms. The van der Waals surface area contributed by atoms with Crippen LogP contribution in [0.3, 0.4) is 0 Å². The highest BCUT2D eigenvalue weighted by Gasteiger charge is 2.00. The van der Waals surface area contributed by atoms with Crippen LogP contribution >= 0.6 is 0 Å². The molecule has 0 fully saturated rings. The van der Waals surface area contributed by atoms with Crippen LogP contribution in [0.2, 0.25) is 0 Å². The zero-order valence-corrected chi connectivity index (χ0v) is 12.2. The zero-order chi connectivity index (χ0) is 13.5. The van der Waals surface area contributed by atoms with Gasteiger partial charge in [0.15, 0.2) is 0 Å². The monoisotopic (exact) mass is 254 g/mol. The number of hydrogen-bond donors (Lipinski definition) is 0. The molecule has 0 saturated heterocycles. The van der Waals surface area contributed by atoms with Gasteiger partial charge in [-0.25, -0.2) is 0 Å². The van der Waals surface area contributed by atoms with Gasteiger partial charge in [0.2, 0.25) is 0 Å². The van der Waals surface area contributed by atoms with E-state index in [4.69, 9.17) is 9.47 Å². The fraction of sp³-hybridized carbons (Fsp3) is 0.750. The minimum absolute atomic E-state index is 0.282. The van der Waals surface area contributed by atoms with Gasteiger partial charge in [-0.3, -0.25) is 0 Å². The van der Waals surface area contributed by atoms with Crippen LogP contribution in [0.5, 0.6) is 0 Å². The zero-order valence-electron chi connectivity index (χ0n) is 12.2. The van der Waals surface area contributed by atoms with Crippen LogP contribution in [0, 0.1) is 0 Å². The molecule has 1 atom stereocenters. The van der Waals surface area contributed by atoms with Crippen LogP contribution in [-0.4, -0.2) is 25.9 Å². The molecule has 2 nitrogen and oxygen atoms in total. The van der Waals surface area contributed by atoms with Gasteiger partial charge in [0.1, 0.15) is 0 Å². The first-order valence-corrected chi connectivity index (χ1v) is 7.26. The van der Waals surface area contributed by atoms with Gasteiger partial charge in [-0.1, -0.05) is 31.6 Å². The van der Waals surface area contributed by atoms with E-state index in [0.717, 1.165) is 45.5 Å². The average Bonchev–Trinajstić information content (AvgIpc) is 2.37. The average molecular weight is 254 g/mol. The highest BCUT2D eigenvalue weighted by molar-refractivity contribution is 4.80. The molecule has 0 spiro atoms. The quantitative estimate of drug-likeness (QED) is 0.355. The van der Waals surface area contributed by atoms with Crippen LogP contribution in [0.4, 0.5) is 0 Å². The highest BCUT2D eigenvalue weighted by atomic mass is 16.5. The minimum Gasteiger partial charge on any atom is -0.381 e. The Morgan fingerprint density at radius 2 is 1.94 bits per heavy atom. The Balaban J connectivity index is 3.21. The lowest BCUT2D eigenvalue weighted by Gasteiger charge is -2.11. The second-order valence-corrected chi connectivity index (χ2v) is 4.59. The van der Waals surface area contributed by atoms with Crippen LogP contribution in [0.1, 0.15) is 52.4 Å². The maximum absolute atomic E-state index is 5.65. The molecular weight excluding hydrogens is 224 g/mol. The van der Waals surface area contributed by atoms with Gasteiger partial charge in [0.25, 0.3) is 0 Å². The summed E-state index contributed by atoms with van der Waals surface area (Å²) < 4.78 is 11.2. The van der Waals surface area contributed by atoms with Crippen molar-refractivity contribution in [1.82, 2.24) is 0 Å². The Hall–Kier alpha value is -0.600. The summed E-state index contributed by atoms with van der Waals surface area (Å²) in [4.78, 5) is 0. The molecule has 0 aliphatic carbocycles. The maximum Gasteiger partial charge on any atom is 0.0651 e. The van der Waals surface area contributed by atoms with E-state index in [-0.39, 0.29) is 6.10 Å². The summed E-state index contributed by atoms with van der Waals surface area (Å²) in [5.41, 5.74) is 0. The summed E-state index contributed by atoms with van der Waals surface area (Å²) in [6.07, 6.45) is 13.2. The Kier molecular flexibility index (Phi) is 14.0. The largest absolute Gasteiger partial charge is 0.381 e. The van der Waals surface area contributed by atoms with Crippen molar-refractivity contribution < 1.29 is 9.47 Å². The predicted molar refractivity (Wildman–Crippen MR) is 78.9 cm³/mol. The molecule has 0 radical (unpaired) electrons. The van der Waals surface area contributed by atoms with Crippen molar-refractivity contribution in [3.05, 3.63) is 24.8 Å². The third-order valence-electron chi connectivity index (χ3n) is 2.71. The van der Waals surface area contributed by atoms with Crippen LogP contribution < -0.4 is 0 Å². The van der Waals surface area contributed by atoms with Gasteiger partial charge in [-0.2, -0.15) is 0 Å². The number of hydrogen-bond acceptors (Lipinski definition) is 2. The second kappa shape index (κ2) is 14.5. The first-order chi connectivity index (χ1) is 8.81. The van der Waals surface area contributed by atoms with Crippen molar-refractivity contribution >= 4 is 0 Å². The molecule has 0 aromatic carbocycles. The Morgan fingerprint density at radius 3 is 2.67 bits per heavy atom. The van der Waals surface area contributed by atoms with Crippen LogP contribution in [-0.2, 0) is 9.47 Å². The molecular formula is C16H30O2. The highest BCUT2D eigenvalue weighted by Crippen LogP contribution is 2.01. The first kappa shape index (κ1) is 17.4. The first-order valence-electron chi connectivity index (χ1n) is 7.26. The summed E-state index contributed by atoms with van der Waals surface area (Å²) in [6, 6.07) is 0. The smallest absolute Gasteiger partial charge is 0.0651 e. The summed E-state index contributed by atoms with van der Waals surface area (Å²) in [7, 11) is 0. The molecule has 0 N–H and O–H groups in total. The summed E-state index contributed by atoms with van der Waals surface area (Å²) in [5, 5.41) is 0. The molecule has 0 amide bonds. The Morgan fingerprint density at radius 1 is 1.11 bits per heavy atom. The molecule has 18 heavy (non-hydrogen) atoms. The standard InChI is InChI=1S/C16H30O2/c1-4-6-8-10-13-17-15-12-16(3)18-14-11-9-7-5-2/h4,9,11,16H,1,5-8,10,12-15H2,2-3H3. The third kappa shape index (κ3) is 13.5. The van der Waals surface area contributed by atoms with E-state index in [9.17, 15) is 0 Å². The van der Waals surface area contributed by atoms with Crippen molar-refractivity contribution in [3.8, 4) is 0 Å². The van der Waals surface area contributed by atoms with Gasteiger partial charge >= 0.3 is 0 Å². The minimum atomic E-state index is 0.282. The molecule has 0 heterocycles. The molecule has 2 heteroatoms. The fourth-order valence-electron chi connectivity index (χ4n) is 1.50. The van der Waals surface area contributed by atoms with Crippen molar-refractivity contribution in [3.63, 3.8) is 0 Å². The second-order valence-electron chi connectivity index (χ2n) is 4.59. The Labute approximate surface area is 113 Å². The normalized spacial score (nSPS) is 13.0. The van der Waals surface area contributed by atoms with Crippen molar-refractivity contribution in [2.45, 2.75) is 58.5 Å². The summed E-state index contributed by atoms with van der Waals surface area (Å²) in [6.45, 7) is 10.4. The SMILES string of the molecule is C=CCCCCOCCC(C)OCC=CCCC. The summed E-state index contributed by atoms with van der Waals surface area (Å²) >= 11 is 0. The maximum atomic E-state index is 5.65. The van der Waals surface area contributed by atoms with E-state index >= 15 is 0 Å². The van der Waals surface area contributed by atoms with Gasteiger partial charge < -0.3 is 9.47 Å². The van der Waals surface area contributed by atoms with E-state index < -0.39 is 0 Å². The van der Waals surface area contributed by atoms with E-state index in [0.29, 0.717) is 0 Å². The van der Waals surface area contributed by atoms with Gasteiger partial charge in [-0.05, 0) is 39.0 Å². The predicted octanol–water partition coefficient (Wildman–Crippen LogP) is 4.51. The fourth-order valence-corrected chi connectivity index (χ4v) is 1.50. The van der Waals surface area contributed by atoms with E-state index in [1.807, 2.05) is 6.08 Å². The topological polar surface area (TPSA) is 18.5 Å². The molecule has 0 aliphatic heterocycles. The van der Waals surface area contributed by atoms with Crippen molar-refractivity contribution in [2.75, 3.05) is 19.8 Å². The van der Waals surface area contributed by atoms with Crippen molar-refractivity contribution in [2.24, 2.45) is 0 Å². The van der Waals surface area contributed by atoms with E-state index in [2.05, 4.69) is 32.6 Å². The molecule has 0 aromatic heterocycles. The van der Waals surface area contributed by atoms with Gasteiger partial charge in [0.05, 0.1) is 12.7 Å². The molecule has 106 valence electrons. The number of unbranched alkanes of at least 4 members (excludes halogenated alkanes) is 3. The molecule has 0 rings (SSSR count). The lowest BCUT2D eigenvalue weighted by molar-refractivity contribution is 0.0446. The van der Waals surface area contributed by atoms with E-state index in [1.54, 1.807) is 0 Å². The van der Waals surface area contributed by atoms with Gasteiger partial charge in [-0.15, -0.1) is 6.58 Å². The third-order valence-corrected chi connectivity index (χ3v) is 2.71. The lowest BCUT2D eigenvalue weighted by Crippen LogP contribution is -2.12. The summed E-state index contributed by atoms with van der Waals surface area (Å²) in [5.74, 6) is 0. The lowest BCUT2D eigenvalue weighted by atomic mass is 10.2. The van der Waals surface area contributed by atoms with Gasteiger partial charge in [0, 0.05) is 13.2 Å². The number of rotatable bonds is 13. The van der Waals surface area contributed by atoms with E-state index in [1.165, 1.54) is 12.8 Å². The van der Waals surface area contributed by atoms with Crippen LogP contribution in [0.15, 0.2) is 24.8 Å². The molecule has 1 unspecified atom stereocenters. The number of allylic oxidation sites excluding steroid dienone is 2. The van der Waals surface area contributed by atoms with Crippen molar-refractivity contribution in [1.29, 1.82) is 0 Å². The Bertz CT molecular complexity index is 199. The molecule has 0 aliphatic rings. The molecule has 0 saturated carbocycles. The van der Waals surface area contributed by atoms with Crippen LogP contribution in [0.25, 0.3) is 0 Å². The molecule has 0 aromatic rings.